The van der Waals surface area contributed by atoms with Crippen molar-refractivity contribution in [3.8, 4) is 5.75 Å². The zero-order valence-corrected chi connectivity index (χ0v) is 10.4. The van der Waals surface area contributed by atoms with Gasteiger partial charge in [-0.1, -0.05) is 0 Å². The molecule has 0 radical (unpaired) electrons. The topological polar surface area (TPSA) is 125 Å². The molecule has 0 aliphatic rings. The number of sulfonamides is 1. The molecule has 9 heteroatoms. The van der Waals surface area contributed by atoms with Gasteiger partial charge in [-0.2, -0.15) is 0 Å². The monoisotopic (exact) mass is 275 g/mol. The highest BCUT2D eigenvalue weighted by Crippen LogP contribution is 2.27. The Morgan fingerprint density at radius 2 is 2.17 bits per heavy atom. The molecule has 0 saturated heterocycles. The molecule has 0 amide bonds. The minimum absolute atomic E-state index is 0.00547. The van der Waals surface area contributed by atoms with E-state index in [-0.39, 0.29) is 18.8 Å². The van der Waals surface area contributed by atoms with Crippen LogP contribution >= 0.6 is 0 Å². The number of hydrogen-bond donors (Lipinski definition) is 2. The van der Waals surface area contributed by atoms with Gasteiger partial charge >= 0.3 is 0 Å². The Morgan fingerprint density at radius 1 is 1.50 bits per heavy atom. The van der Waals surface area contributed by atoms with Crippen LogP contribution in [0.15, 0.2) is 23.1 Å². The summed E-state index contributed by atoms with van der Waals surface area (Å²) < 4.78 is 30.6. The molecule has 0 bridgehead atoms. The van der Waals surface area contributed by atoms with Gasteiger partial charge in [0.15, 0.2) is 4.90 Å². The lowest BCUT2D eigenvalue weighted by Crippen LogP contribution is -2.29. The lowest BCUT2D eigenvalue weighted by atomic mass is 10.3. The van der Waals surface area contributed by atoms with E-state index in [4.69, 9.17) is 10.5 Å². The lowest BCUT2D eigenvalue weighted by Gasteiger charge is -2.07. The molecule has 1 aromatic carbocycles. The van der Waals surface area contributed by atoms with Gasteiger partial charge in [-0.3, -0.25) is 10.1 Å². The van der Waals surface area contributed by atoms with Crippen molar-refractivity contribution in [1.82, 2.24) is 4.72 Å². The minimum Gasteiger partial charge on any atom is -0.497 e. The molecule has 1 rings (SSSR count). The minimum atomic E-state index is -3.95. The number of ether oxygens (including phenoxy) is 1. The lowest BCUT2D eigenvalue weighted by molar-refractivity contribution is -0.387. The number of nitro groups is 1. The number of hydrogen-bond acceptors (Lipinski definition) is 6. The number of nitrogens with zero attached hydrogens (tertiary/aromatic N) is 1. The Balaban J connectivity index is 3.27. The molecule has 0 aliphatic heterocycles. The summed E-state index contributed by atoms with van der Waals surface area (Å²) in [6.45, 7) is 0.106. The first-order valence-electron chi connectivity index (χ1n) is 4.94. The van der Waals surface area contributed by atoms with E-state index in [1.165, 1.54) is 13.2 Å². The predicted octanol–water partition coefficient (Wildman–Crippen LogP) is -0.160. The van der Waals surface area contributed by atoms with Crippen LogP contribution in [0, 0.1) is 10.1 Å². The van der Waals surface area contributed by atoms with Gasteiger partial charge in [-0.15, -0.1) is 0 Å². The highest BCUT2D eigenvalue weighted by Gasteiger charge is 2.25. The second kappa shape index (κ2) is 5.76. The summed E-state index contributed by atoms with van der Waals surface area (Å²) >= 11 is 0. The van der Waals surface area contributed by atoms with Crippen LogP contribution in [-0.4, -0.2) is 33.5 Å². The maximum atomic E-state index is 11.8. The highest BCUT2D eigenvalue weighted by molar-refractivity contribution is 7.89. The average molecular weight is 275 g/mol. The van der Waals surface area contributed by atoms with E-state index in [9.17, 15) is 18.5 Å². The Bertz CT molecular complexity index is 543. The fraction of sp³-hybridized carbons (Fsp3) is 0.333. The van der Waals surface area contributed by atoms with Crippen LogP contribution in [0.5, 0.6) is 5.75 Å². The molecule has 8 nitrogen and oxygen atoms in total. The largest absolute Gasteiger partial charge is 0.497 e. The van der Waals surface area contributed by atoms with Gasteiger partial charge in [0.1, 0.15) is 5.75 Å². The van der Waals surface area contributed by atoms with Crippen LogP contribution in [-0.2, 0) is 10.0 Å². The van der Waals surface area contributed by atoms with Crippen molar-refractivity contribution in [1.29, 1.82) is 0 Å². The molecule has 0 atom stereocenters. The average Bonchev–Trinajstić information content (AvgIpc) is 2.35. The third-order valence-corrected chi connectivity index (χ3v) is 3.60. The second-order valence-electron chi connectivity index (χ2n) is 3.28. The molecule has 1 aromatic rings. The first-order valence-corrected chi connectivity index (χ1v) is 6.43. The number of nitro benzene ring substituents is 1. The number of benzene rings is 1. The molecular weight excluding hydrogens is 262 g/mol. The van der Waals surface area contributed by atoms with E-state index in [1.54, 1.807) is 0 Å². The zero-order chi connectivity index (χ0) is 13.8. The summed E-state index contributed by atoms with van der Waals surface area (Å²) in [5.41, 5.74) is 4.63. The summed E-state index contributed by atoms with van der Waals surface area (Å²) in [4.78, 5) is 9.65. The molecule has 0 aromatic heterocycles. The van der Waals surface area contributed by atoms with Crippen molar-refractivity contribution in [3.05, 3.63) is 28.3 Å². The van der Waals surface area contributed by atoms with Crippen molar-refractivity contribution in [3.63, 3.8) is 0 Å². The van der Waals surface area contributed by atoms with E-state index < -0.39 is 25.5 Å². The third kappa shape index (κ3) is 3.15. The fourth-order valence-electron chi connectivity index (χ4n) is 1.27. The van der Waals surface area contributed by atoms with Crippen LogP contribution in [0.25, 0.3) is 0 Å². The molecule has 100 valence electrons. The molecule has 0 aliphatic carbocycles. The van der Waals surface area contributed by atoms with Crippen molar-refractivity contribution >= 4 is 15.7 Å². The first-order chi connectivity index (χ1) is 8.42. The molecule has 0 heterocycles. The van der Waals surface area contributed by atoms with E-state index in [2.05, 4.69) is 4.72 Å². The van der Waals surface area contributed by atoms with Gasteiger partial charge in [0.2, 0.25) is 10.0 Å². The first kappa shape index (κ1) is 14.4. The van der Waals surface area contributed by atoms with E-state index in [0.29, 0.717) is 0 Å². The molecule has 18 heavy (non-hydrogen) atoms. The zero-order valence-electron chi connectivity index (χ0n) is 9.62. The number of nitrogens with two attached hydrogens (primary N) is 1. The maximum Gasteiger partial charge on any atom is 0.293 e. The van der Waals surface area contributed by atoms with Crippen molar-refractivity contribution in [2.45, 2.75) is 4.90 Å². The molecular formula is C9H13N3O5S. The van der Waals surface area contributed by atoms with Gasteiger partial charge in [0.05, 0.1) is 18.1 Å². The van der Waals surface area contributed by atoms with Gasteiger partial charge in [-0.05, 0) is 12.1 Å². The highest BCUT2D eigenvalue weighted by atomic mass is 32.2. The molecule has 0 spiro atoms. The second-order valence-corrected chi connectivity index (χ2v) is 5.01. The summed E-state index contributed by atoms with van der Waals surface area (Å²) in [5.74, 6) is 0.208. The summed E-state index contributed by atoms with van der Waals surface area (Å²) in [5, 5.41) is 10.8. The molecule has 3 N–H and O–H groups in total. The smallest absolute Gasteiger partial charge is 0.293 e. The fourth-order valence-corrected chi connectivity index (χ4v) is 2.46. The summed E-state index contributed by atoms with van der Waals surface area (Å²) in [6, 6.07) is 3.51. The molecule has 0 unspecified atom stereocenters. The Hall–Kier alpha value is -1.71. The predicted molar refractivity (Wildman–Crippen MR) is 63.9 cm³/mol. The van der Waals surface area contributed by atoms with Gasteiger partial charge in [-0.25, -0.2) is 13.1 Å². The van der Waals surface area contributed by atoms with Gasteiger partial charge in [0.25, 0.3) is 5.69 Å². The third-order valence-electron chi connectivity index (χ3n) is 2.09. The van der Waals surface area contributed by atoms with Crippen molar-refractivity contribution in [2.75, 3.05) is 20.2 Å². The standard InChI is InChI=1S/C9H13N3O5S/c1-17-7-2-3-9(8(6-7)12(13)14)18(15,16)11-5-4-10/h2-3,6,11H,4-5,10H2,1H3. The van der Waals surface area contributed by atoms with Crippen LogP contribution in [0.4, 0.5) is 5.69 Å². The maximum absolute atomic E-state index is 11.8. The Kier molecular flexibility index (Phi) is 4.59. The SMILES string of the molecule is COc1ccc(S(=O)(=O)NCCN)c([N+](=O)[O-])c1. The number of nitrogens with one attached hydrogen (secondary N) is 1. The normalized spacial score (nSPS) is 11.2. The summed E-state index contributed by atoms with van der Waals surface area (Å²) in [6.07, 6.45) is 0. The van der Waals surface area contributed by atoms with Crippen LogP contribution in [0.3, 0.4) is 0 Å². The van der Waals surface area contributed by atoms with E-state index in [0.717, 1.165) is 12.1 Å². The number of methoxy groups -OCH3 is 1. The van der Waals surface area contributed by atoms with E-state index in [1.807, 2.05) is 0 Å². The Morgan fingerprint density at radius 3 is 2.67 bits per heavy atom. The van der Waals surface area contributed by atoms with Crippen molar-refractivity contribution < 1.29 is 18.1 Å². The van der Waals surface area contributed by atoms with Crippen LogP contribution < -0.4 is 15.2 Å². The van der Waals surface area contributed by atoms with E-state index >= 15 is 0 Å². The quantitative estimate of drug-likeness (QED) is 0.549. The number of rotatable bonds is 6. The molecule has 0 fully saturated rings. The van der Waals surface area contributed by atoms with Crippen LogP contribution in [0.1, 0.15) is 0 Å². The van der Waals surface area contributed by atoms with Crippen LogP contribution in [0.2, 0.25) is 0 Å². The summed E-state index contributed by atoms with van der Waals surface area (Å²) in [7, 11) is -2.62. The van der Waals surface area contributed by atoms with Crippen molar-refractivity contribution in [2.24, 2.45) is 5.73 Å². The Labute approximate surface area is 104 Å². The van der Waals surface area contributed by atoms with Gasteiger partial charge in [0, 0.05) is 13.1 Å². The van der Waals surface area contributed by atoms with Gasteiger partial charge < -0.3 is 10.5 Å². The molecule has 0 saturated carbocycles.